The first-order valence-electron chi connectivity index (χ1n) is 9.31. The van der Waals surface area contributed by atoms with Gasteiger partial charge in [-0.25, -0.2) is 19.6 Å². The molecule has 8 nitrogen and oxygen atoms in total. The maximum atomic E-state index is 12.9. The number of carboxylic acids is 1. The van der Waals surface area contributed by atoms with Crippen LogP contribution in [0.3, 0.4) is 0 Å². The molecule has 0 saturated carbocycles. The molecule has 3 aromatic rings. The topological polar surface area (TPSA) is 115 Å². The highest BCUT2D eigenvalue weighted by Crippen LogP contribution is 2.33. The maximum Gasteiger partial charge on any atom is 0.433 e. The van der Waals surface area contributed by atoms with Gasteiger partial charge in [-0.2, -0.15) is 13.2 Å². The lowest BCUT2D eigenvalue weighted by molar-refractivity contribution is -0.140. The summed E-state index contributed by atoms with van der Waals surface area (Å²) in [5.74, 6) is -1.64. The first-order valence-corrected chi connectivity index (χ1v) is 9.31. The number of aromatic carboxylic acids is 1. The Hall–Kier alpha value is -3.63. The molecule has 3 rings (SSSR count). The summed E-state index contributed by atoms with van der Waals surface area (Å²) in [4.78, 5) is 30.8. The van der Waals surface area contributed by atoms with Crippen LogP contribution in [0.4, 0.5) is 18.0 Å². The van der Waals surface area contributed by atoms with Crippen molar-refractivity contribution >= 4 is 23.0 Å². The Bertz CT molecular complexity index is 1110. The third kappa shape index (κ3) is 5.11. The lowest BCUT2D eigenvalue weighted by Crippen LogP contribution is -2.24. The van der Waals surface area contributed by atoms with Crippen molar-refractivity contribution in [2.24, 2.45) is 0 Å². The Morgan fingerprint density at radius 3 is 2.65 bits per heavy atom. The minimum absolute atomic E-state index is 0.0431. The number of unbranched alkanes of at least 4 members (excludes halogenated alkanes) is 1. The Morgan fingerprint density at radius 2 is 1.97 bits per heavy atom. The predicted molar refractivity (Wildman–Crippen MR) is 102 cm³/mol. The van der Waals surface area contributed by atoms with Gasteiger partial charge in [0.05, 0.1) is 18.7 Å². The summed E-state index contributed by atoms with van der Waals surface area (Å²) in [7, 11) is 0. The second-order valence-corrected chi connectivity index (χ2v) is 6.51. The van der Waals surface area contributed by atoms with Gasteiger partial charge in [-0.3, -0.25) is 0 Å². The predicted octanol–water partition coefficient (Wildman–Crippen LogP) is 4.63. The number of alkyl halides is 3. The molecule has 0 unspecified atom stereocenters. The van der Waals surface area contributed by atoms with E-state index in [-0.39, 0.29) is 35.9 Å². The number of carbonyl (C=O) groups excluding carboxylic acids is 1. The quantitative estimate of drug-likeness (QED) is 0.518. The summed E-state index contributed by atoms with van der Waals surface area (Å²) < 4.78 is 49.3. The third-order valence-corrected chi connectivity index (χ3v) is 4.28. The zero-order valence-electron chi connectivity index (χ0n) is 16.3. The molecule has 0 aliphatic heterocycles. The van der Waals surface area contributed by atoms with E-state index < -0.39 is 29.6 Å². The third-order valence-electron chi connectivity index (χ3n) is 4.28. The number of hydrogen-bond donors (Lipinski definition) is 2. The molecule has 1 aromatic carbocycles. The normalized spacial score (nSPS) is 11.5. The second-order valence-electron chi connectivity index (χ2n) is 6.51. The van der Waals surface area contributed by atoms with Gasteiger partial charge in [-0.1, -0.05) is 19.4 Å². The highest BCUT2D eigenvalue weighted by atomic mass is 19.4. The van der Waals surface area contributed by atoms with Crippen molar-refractivity contribution in [3.05, 3.63) is 47.5 Å². The average molecular weight is 437 g/mol. The number of carboxylic acid groups (broad SMARTS) is 1. The molecule has 0 fully saturated rings. The first kappa shape index (κ1) is 22.1. The monoisotopic (exact) mass is 437 g/mol. The van der Waals surface area contributed by atoms with Crippen LogP contribution in [-0.2, 0) is 17.5 Å². The standard InChI is InChI=1S/C20H18F3N3O5/c1-2-3-9-30-19(29)24-10-14-16(18(27)28)26-17(31-14)12-5-4-6-13-11(12)7-8-15(25-13)20(21,22)23/h4-8H,2-3,9-10H2,1H3,(H,24,29)(H,27,28). The van der Waals surface area contributed by atoms with Crippen LogP contribution in [0.25, 0.3) is 22.4 Å². The molecule has 0 bridgehead atoms. The van der Waals surface area contributed by atoms with Crippen molar-refractivity contribution in [3.8, 4) is 11.5 Å². The zero-order valence-corrected chi connectivity index (χ0v) is 16.3. The summed E-state index contributed by atoms with van der Waals surface area (Å²) in [5.41, 5.74) is -1.18. The van der Waals surface area contributed by atoms with E-state index in [0.717, 1.165) is 12.5 Å². The van der Waals surface area contributed by atoms with Gasteiger partial charge in [0, 0.05) is 10.9 Å². The van der Waals surface area contributed by atoms with Crippen LogP contribution in [-0.4, -0.2) is 33.7 Å². The fourth-order valence-corrected chi connectivity index (χ4v) is 2.77. The van der Waals surface area contributed by atoms with Crippen molar-refractivity contribution < 1.29 is 37.0 Å². The van der Waals surface area contributed by atoms with Gasteiger partial charge in [0.15, 0.2) is 11.5 Å². The number of hydrogen-bond acceptors (Lipinski definition) is 6. The van der Waals surface area contributed by atoms with E-state index in [2.05, 4.69) is 15.3 Å². The number of benzene rings is 1. The summed E-state index contributed by atoms with van der Waals surface area (Å²) in [5, 5.41) is 12.1. The molecule has 0 saturated heterocycles. The Kier molecular flexibility index (Phi) is 6.42. The lowest BCUT2D eigenvalue weighted by Gasteiger charge is -2.08. The van der Waals surface area contributed by atoms with Gasteiger partial charge in [0.25, 0.3) is 0 Å². The number of amides is 1. The number of rotatable bonds is 7. The second kappa shape index (κ2) is 9.02. The summed E-state index contributed by atoms with van der Waals surface area (Å²) >= 11 is 0. The van der Waals surface area contributed by atoms with E-state index in [4.69, 9.17) is 9.15 Å². The first-order chi connectivity index (χ1) is 14.7. The summed E-state index contributed by atoms with van der Waals surface area (Å²) in [6.45, 7) is 1.86. The van der Waals surface area contributed by atoms with Crippen LogP contribution < -0.4 is 5.32 Å². The smallest absolute Gasteiger partial charge is 0.433 e. The largest absolute Gasteiger partial charge is 0.476 e. The number of alkyl carbamates (subject to hydrolysis) is 1. The van der Waals surface area contributed by atoms with Gasteiger partial charge >= 0.3 is 18.2 Å². The Labute approximate surface area is 174 Å². The van der Waals surface area contributed by atoms with E-state index >= 15 is 0 Å². The number of ether oxygens (including phenoxy) is 1. The fraction of sp³-hybridized carbons (Fsp3) is 0.300. The minimum atomic E-state index is -4.60. The number of nitrogens with one attached hydrogen (secondary N) is 1. The molecular formula is C20H18F3N3O5. The zero-order chi connectivity index (χ0) is 22.6. The van der Waals surface area contributed by atoms with Crippen molar-refractivity contribution in [1.29, 1.82) is 0 Å². The number of oxazole rings is 1. The number of fused-ring (bicyclic) bond motifs is 1. The lowest BCUT2D eigenvalue weighted by atomic mass is 10.1. The summed E-state index contributed by atoms with van der Waals surface area (Å²) in [6, 6.07) is 6.41. The number of pyridine rings is 1. The Morgan fingerprint density at radius 1 is 1.19 bits per heavy atom. The molecule has 0 aliphatic rings. The van der Waals surface area contributed by atoms with E-state index in [0.29, 0.717) is 11.8 Å². The molecule has 164 valence electrons. The molecule has 2 N–H and O–H groups in total. The molecule has 2 aromatic heterocycles. The maximum absolute atomic E-state index is 12.9. The number of nitrogens with zero attached hydrogens (tertiary/aromatic N) is 2. The molecule has 2 heterocycles. The van der Waals surface area contributed by atoms with Gasteiger partial charge in [0.1, 0.15) is 5.69 Å². The van der Waals surface area contributed by atoms with Gasteiger partial charge < -0.3 is 19.6 Å². The van der Waals surface area contributed by atoms with Gasteiger partial charge in [0.2, 0.25) is 5.89 Å². The van der Waals surface area contributed by atoms with Crippen molar-refractivity contribution in [2.75, 3.05) is 6.61 Å². The van der Waals surface area contributed by atoms with Crippen molar-refractivity contribution in [2.45, 2.75) is 32.5 Å². The van der Waals surface area contributed by atoms with Crippen LogP contribution >= 0.6 is 0 Å². The molecule has 0 spiro atoms. The molecule has 0 atom stereocenters. The number of halogens is 3. The van der Waals surface area contributed by atoms with Gasteiger partial charge in [-0.15, -0.1) is 0 Å². The average Bonchev–Trinajstić information content (AvgIpc) is 3.15. The molecule has 31 heavy (non-hydrogen) atoms. The van der Waals surface area contributed by atoms with Crippen molar-refractivity contribution in [3.63, 3.8) is 0 Å². The van der Waals surface area contributed by atoms with Gasteiger partial charge in [-0.05, 0) is 30.7 Å². The van der Waals surface area contributed by atoms with Crippen LogP contribution in [0.1, 0.15) is 41.7 Å². The van der Waals surface area contributed by atoms with E-state index in [9.17, 15) is 27.9 Å². The van der Waals surface area contributed by atoms with E-state index in [1.165, 1.54) is 24.3 Å². The molecule has 11 heteroatoms. The fourth-order valence-electron chi connectivity index (χ4n) is 2.77. The minimum Gasteiger partial charge on any atom is -0.476 e. The molecular weight excluding hydrogens is 419 g/mol. The Balaban J connectivity index is 1.91. The highest BCUT2D eigenvalue weighted by Gasteiger charge is 2.32. The van der Waals surface area contributed by atoms with Crippen molar-refractivity contribution in [1.82, 2.24) is 15.3 Å². The summed E-state index contributed by atoms with van der Waals surface area (Å²) in [6.07, 6.45) is -3.82. The SMILES string of the molecule is CCCCOC(=O)NCc1oc(-c2cccc3nc(C(F)(F)F)ccc23)nc1C(=O)O. The van der Waals surface area contributed by atoms with Crippen LogP contribution in [0.5, 0.6) is 0 Å². The molecule has 0 aliphatic carbocycles. The van der Waals surface area contributed by atoms with E-state index in [1.807, 2.05) is 6.92 Å². The van der Waals surface area contributed by atoms with Crippen LogP contribution in [0.2, 0.25) is 0 Å². The highest BCUT2D eigenvalue weighted by molar-refractivity contribution is 5.94. The van der Waals surface area contributed by atoms with E-state index in [1.54, 1.807) is 0 Å². The van der Waals surface area contributed by atoms with Crippen LogP contribution in [0, 0.1) is 0 Å². The number of carbonyl (C=O) groups is 2. The molecule has 0 radical (unpaired) electrons. The molecule has 1 amide bonds. The van der Waals surface area contributed by atoms with Crippen LogP contribution in [0.15, 0.2) is 34.7 Å². The number of aromatic nitrogens is 2.